The monoisotopic (exact) mass is 280 g/mol. The van der Waals surface area contributed by atoms with Crippen molar-refractivity contribution < 1.29 is 4.74 Å². The van der Waals surface area contributed by atoms with E-state index in [-0.39, 0.29) is 6.10 Å². The molecule has 0 aromatic carbocycles. The fourth-order valence-corrected chi connectivity index (χ4v) is 3.65. The van der Waals surface area contributed by atoms with Crippen LogP contribution >= 0.6 is 11.3 Å². The van der Waals surface area contributed by atoms with Gasteiger partial charge in [-0.3, -0.25) is 0 Å². The van der Waals surface area contributed by atoms with Crippen molar-refractivity contribution in [3.05, 3.63) is 15.6 Å². The van der Waals surface area contributed by atoms with E-state index in [0.717, 1.165) is 31.5 Å². The average molecular weight is 280 g/mol. The number of thiazole rings is 1. The third-order valence-corrected chi connectivity index (χ3v) is 5.01. The van der Waals surface area contributed by atoms with Gasteiger partial charge in [-0.1, -0.05) is 6.92 Å². The summed E-state index contributed by atoms with van der Waals surface area (Å²) in [6.45, 7) is 6.03. The first-order valence-electron chi connectivity index (χ1n) is 7.66. The molecule has 1 heterocycles. The fraction of sp³-hybridized carbons (Fsp3) is 0.800. The van der Waals surface area contributed by atoms with Crippen molar-refractivity contribution in [3.8, 4) is 0 Å². The largest absolute Gasteiger partial charge is 0.371 e. The summed E-state index contributed by atoms with van der Waals surface area (Å²) in [4.78, 5) is 6.37. The van der Waals surface area contributed by atoms with Gasteiger partial charge in [0.05, 0.1) is 5.69 Å². The highest BCUT2D eigenvalue weighted by atomic mass is 32.1. The summed E-state index contributed by atoms with van der Waals surface area (Å²) in [6, 6.07) is 0.770. The Morgan fingerprint density at radius 1 is 1.32 bits per heavy atom. The number of rotatable bonds is 8. The highest BCUT2D eigenvalue weighted by Crippen LogP contribution is 2.44. The standard InChI is InChI=1S/C15H24N2OS/c1-3-12(18-4-2)15-17-14(10-5-6-10)13(19-15)9-16-11-7-8-11/h10-12,16H,3-9H2,1-2H3. The Balaban J connectivity index is 1.74. The van der Waals surface area contributed by atoms with Gasteiger partial charge >= 0.3 is 0 Å². The first kappa shape index (κ1) is 13.5. The van der Waals surface area contributed by atoms with Gasteiger partial charge in [-0.15, -0.1) is 11.3 Å². The molecule has 0 spiro atoms. The predicted octanol–water partition coefficient (Wildman–Crippen LogP) is 3.76. The number of ether oxygens (including phenoxy) is 1. The molecule has 1 atom stereocenters. The molecule has 3 nitrogen and oxygen atoms in total. The summed E-state index contributed by atoms with van der Waals surface area (Å²) in [6.07, 6.45) is 6.56. The van der Waals surface area contributed by atoms with Crippen molar-refractivity contribution in [1.29, 1.82) is 0 Å². The van der Waals surface area contributed by atoms with Gasteiger partial charge in [0.2, 0.25) is 0 Å². The molecule has 2 saturated carbocycles. The summed E-state index contributed by atoms with van der Waals surface area (Å²) in [5, 5.41) is 4.82. The third-order valence-electron chi connectivity index (χ3n) is 3.85. The van der Waals surface area contributed by atoms with Crippen LogP contribution in [0.4, 0.5) is 0 Å². The normalized spacial score (nSPS) is 20.7. The van der Waals surface area contributed by atoms with E-state index < -0.39 is 0 Å². The first-order valence-corrected chi connectivity index (χ1v) is 8.47. The highest BCUT2D eigenvalue weighted by Gasteiger charge is 2.31. The summed E-state index contributed by atoms with van der Waals surface area (Å²) < 4.78 is 5.81. The van der Waals surface area contributed by atoms with Crippen molar-refractivity contribution in [3.63, 3.8) is 0 Å². The summed E-state index contributed by atoms with van der Waals surface area (Å²) >= 11 is 1.87. The van der Waals surface area contributed by atoms with Crippen molar-refractivity contribution in [2.45, 2.75) is 70.6 Å². The summed E-state index contributed by atoms with van der Waals surface area (Å²) in [5.74, 6) is 0.736. The van der Waals surface area contributed by atoms with Gasteiger partial charge in [-0.05, 0) is 39.0 Å². The molecule has 0 amide bonds. The molecule has 0 aliphatic heterocycles. The van der Waals surface area contributed by atoms with Crippen LogP contribution in [0.15, 0.2) is 0 Å². The molecule has 2 aliphatic carbocycles. The molecule has 3 rings (SSSR count). The fourth-order valence-electron chi connectivity index (χ4n) is 2.41. The molecule has 1 unspecified atom stereocenters. The van der Waals surface area contributed by atoms with E-state index in [1.54, 1.807) is 0 Å². The third kappa shape index (κ3) is 3.36. The Kier molecular flexibility index (Phi) is 4.20. The number of aromatic nitrogens is 1. The molecule has 2 aliphatic rings. The average Bonchev–Trinajstić information content (AvgIpc) is 3.33. The summed E-state index contributed by atoms with van der Waals surface area (Å²) in [5.41, 5.74) is 1.37. The molecule has 106 valence electrons. The molecule has 1 N–H and O–H groups in total. The minimum absolute atomic E-state index is 0.196. The lowest BCUT2D eigenvalue weighted by Gasteiger charge is -2.11. The lowest BCUT2D eigenvalue weighted by atomic mass is 10.2. The Labute approximate surface area is 119 Å². The Bertz CT molecular complexity index is 424. The van der Waals surface area contributed by atoms with Gasteiger partial charge in [0, 0.05) is 30.0 Å². The maximum absolute atomic E-state index is 5.81. The lowest BCUT2D eigenvalue weighted by molar-refractivity contribution is 0.0595. The molecule has 0 bridgehead atoms. The predicted molar refractivity (Wildman–Crippen MR) is 78.6 cm³/mol. The highest BCUT2D eigenvalue weighted by molar-refractivity contribution is 7.11. The SMILES string of the molecule is CCOC(CC)c1nc(C2CC2)c(CNC2CC2)s1. The van der Waals surface area contributed by atoms with Gasteiger partial charge < -0.3 is 10.1 Å². The summed E-state index contributed by atoms with van der Waals surface area (Å²) in [7, 11) is 0. The number of nitrogens with one attached hydrogen (secondary N) is 1. The topological polar surface area (TPSA) is 34.1 Å². The quantitative estimate of drug-likeness (QED) is 0.787. The van der Waals surface area contributed by atoms with Gasteiger partial charge in [0.15, 0.2) is 0 Å². The first-order chi connectivity index (χ1) is 9.31. The Morgan fingerprint density at radius 2 is 2.11 bits per heavy atom. The van der Waals surface area contributed by atoms with Crippen molar-refractivity contribution in [2.24, 2.45) is 0 Å². The molecular formula is C15H24N2OS. The number of hydrogen-bond donors (Lipinski definition) is 1. The zero-order valence-electron chi connectivity index (χ0n) is 11.9. The Morgan fingerprint density at radius 3 is 2.68 bits per heavy atom. The van der Waals surface area contributed by atoms with E-state index in [2.05, 4.69) is 19.2 Å². The molecule has 2 fully saturated rings. The number of hydrogen-bond acceptors (Lipinski definition) is 4. The van der Waals surface area contributed by atoms with Gasteiger partial charge in [0.1, 0.15) is 11.1 Å². The van der Waals surface area contributed by atoms with Crippen LogP contribution < -0.4 is 5.32 Å². The molecular weight excluding hydrogens is 256 g/mol. The van der Waals surface area contributed by atoms with Crippen LogP contribution in [0.3, 0.4) is 0 Å². The minimum atomic E-state index is 0.196. The Hall–Kier alpha value is -0.450. The molecule has 1 aromatic rings. The van der Waals surface area contributed by atoms with E-state index in [1.807, 2.05) is 11.3 Å². The molecule has 0 radical (unpaired) electrons. The van der Waals surface area contributed by atoms with E-state index in [1.165, 1.54) is 41.3 Å². The van der Waals surface area contributed by atoms with Crippen LogP contribution in [0.25, 0.3) is 0 Å². The second kappa shape index (κ2) is 5.90. The zero-order valence-corrected chi connectivity index (χ0v) is 12.8. The molecule has 4 heteroatoms. The smallest absolute Gasteiger partial charge is 0.122 e. The van der Waals surface area contributed by atoms with Crippen LogP contribution in [0.2, 0.25) is 0 Å². The van der Waals surface area contributed by atoms with E-state index in [4.69, 9.17) is 9.72 Å². The van der Waals surface area contributed by atoms with Gasteiger partial charge in [-0.2, -0.15) is 0 Å². The van der Waals surface area contributed by atoms with Crippen LogP contribution in [0, 0.1) is 0 Å². The lowest BCUT2D eigenvalue weighted by Crippen LogP contribution is -2.15. The second-order valence-corrected chi connectivity index (χ2v) is 6.76. The minimum Gasteiger partial charge on any atom is -0.371 e. The van der Waals surface area contributed by atoms with Crippen LogP contribution in [0.1, 0.15) is 73.6 Å². The second-order valence-electron chi connectivity index (χ2n) is 5.64. The van der Waals surface area contributed by atoms with Gasteiger partial charge in [-0.25, -0.2) is 4.98 Å². The van der Waals surface area contributed by atoms with E-state index in [9.17, 15) is 0 Å². The zero-order chi connectivity index (χ0) is 13.2. The van der Waals surface area contributed by atoms with Crippen molar-refractivity contribution >= 4 is 11.3 Å². The van der Waals surface area contributed by atoms with Crippen LogP contribution in [0.5, 0.6) is 0 Å². The van der Waals surface area contributed by atoms with Crippen LogP contribution in [-0.4, -0.2) is 17.6 Å². The van der Waals surface area contributed by atoms with Crippen molar-refractivity contribution in [1.82, 2.24) is 10.3 Å². The maximum Gasteiger partial charge on any atom is 0.122 e. The van der Waals surface area contributed by atoms with Crippen molar-refractivity contribution in [2.75, 3.05) is 6.61 Å². The molecule has 1 aromatic heterocycles. The molecule has 19 heavy (non-hydrogen) atoms. The van der Waals surface area contributed by atoms with Crippen LogP contribution in [-0.2, 0) is 11.3 Å². The molecule has 0 saturated heterocycles. The van der Waals surface area contributed by atoms with Gasteiger partial charge in [0.25, 0.3) is 0 Å². The number of nitrogens with zero attached hydrogens (tertiary/aromatic N) is 1. The van der Waals surface area contributed by atoms with E-state index in [0.29, 0.717) is 0 Å². The maximum atomic E-state index is 5.81. The van der Waals surface area contributed by atoms with E-state index >= 15 is 0 Å².